The van der Waals surface area contributed by atoms with E-state index in [-0.39, 0.29) is 22.9 Å². The van der Waals surface area contributed by atoms with Gasteiger partial charge in [-0.1, -0.05) is 44.7 Å². The molecule has 2 aromatic rings. The number of para-hydroxylation sites is 1. The van der Waals surface area contributed by atoms with Crippen LogP contribution in [0.4, 0.5) is 0 Å². The molecular formula is C27H33N3O3. The van der Waals surface area contributed by atoms with Gasteiger partial charge in [-0.05, 0) is 44.9 Å². The third-order valence-corrected chi connectivity index (χ3v) is 7.05. The number of fused-ring (bicyclic) bond motifs is 2. The summed E-state index contributed by atoms with van der Waals surface area (Å²) in [6.45, 7) is 18.2. The monoisotopic (exact) mass is 447 g/mol. The van der Waals surface area contributed by atoms with Crippen molar-refractivity contribution in [2.24, 2.45) is 0 Å². The van der Waals surface area contributed by atoms with Crippen molar-refractivity contribution in [1.82, 2.24) is 15.2 Å². The highest BCUT2D eigenvalue weighted by Gasteiger charge is 2.57. The van der Waals surface area contributed by atoms with Crippen molar-refractivity contribution < 1.29 is 14.3 Å². The van der Waals surface area contributed by atoms with Crippen molar-refractivity contribution in [3.05, 3.63) is 66.0 Å². The topological polar surface area (TPSA) is 74.4 Å². The number of hydrogen-bond donors (Lipinski definition) is 2. The molecule has 0 bridgehead atoms. The number of ether oxygens (including phenoxy) is 1. The molecule has 33 heavy (non-hydrogen) atoms. The van der Waals surface area contributed by atoms with Crippen molar-refractivity contribution >= 4 is 28.8 Å². The van der Waals surface area contributed by atoms with E-state index in [1.54, 1.807) is 11.0 Å². The quantitative estimate of drug-likeness (QED) is 0.494. The number of piperazine rings is 1. The van der Waals surface area contributed by atoms with Crippen molar-refractivity contribution in [3.63, 3.8) is 0 Å². The standard InChI is InChI=1S/C27H33N3O3/c1-8-25(4,5)22-19(18-12-9-10-13-20(18)28-22)16-21-23(31)30-15-11-14-27(30,24(32)29-21)33-26(6,7)17(2)3/h8-10,12-13,16,28H,1-2,11,14-15H2,3-7H3,(H,29,32). The van der Waals surface area contributed by atoms with E-state index in [4.69, 9.17) is 4.74 Å². The molecule has 2 saturated heterocycles. The van der Waals surface area contributed by atoms with E-state index in [2.05, 4.69) is 37.3 Å². The molecule has 1 atom stereocenters. The van der Waals surface area contributed by atoms with E-state index in [9.17, 15) is 9.59 Å². The molecule has 2 aliphatic heterocycles. The first-order valence-corrected chi connectivity index (χ1v) is 11.4. The molecule has 1 unspecified atom stereocenters. The van der Waals surface area contributed by atoms with Crippen LogP contribution >= 0.6 is 0 Å². The summed E-state index contributed by atoms with van der Waals surface area (Å²) in [5.74, 6) is -0.554. The largest absolute Gasteiger partial charge is 0.357 e. The smallest absolute Gasteiger partial charge is 0.278 e. The summed E-state index contributed by atoms with van der Waals surface area (Å²) in [4.78, 5) is 32.1. The van der Waals surface area contributed by atoms with Crippen molar-refractivity contribution in [3.8, 4) is 0 Å². The SMILES string of the molecule is C=CC(C)(C)c1[nH]c2ccccc2c1C=C1NC(=O)C2(OC(C)(C)C(=C)C)CCCN2C1=O. The second-order valence-electron chi connectivity index (χ2n) is 10.1. The number of carbonyl (C=O) groups is 2. The van der Waals surface area contributed by atoms with Gasteiger partial charge in [0.15, 0.2) is 0 Å². The van der Waals surface area contributed by atoms with Gasteiger partial charge in [-0.15, -0.1) is 6.58 Å². The van der Waals surface area contributed by atoms with Crippen LogP contribution in [0.3, 0.4) is 0 Å². The average molecular weight is 448 g/mol. The molecular weight excluding hydrogens is 414 g/mol. The number of aromatic nitrogens is 1. The Morgan fingerprint density at radius 3 is 2.58 bits per heavy atom. The van der Waals surface area contributed by atoms with Crippen LogP contribution in [0.1, 0.15) is 58.7 Å². The predicted molar refractivity (Wildman–Crippen MR) is 131 cm³/mol. The first-order chi connectivity index (χ1) is 15.4. The molecule has 2 aliphatic rings. The fourth-order valence-electron chi connectivity index (χ4n) is 4.54. The van der Waals surface area contributed by atoms with E-state index in [1.807, 2.05) is 51.1 Å². The van der Waals surface area contributed by atoms with Crippen LogP contribution in [0.2, 0.25) is 0 Å². The maximum absolute atomic E-state index is 13.6. The zero-order valence-electron chi connectivity index (χ0n) is 20.2. The van der Waals surface area contributed by atoms with Crippen LogP contribution in [-0.2, 0) is 19.7 Å². The Balaban J connectivity index is 1.80. The van der Waals surface area contributed by atoms with Crippen LogP contribution < -0.4 is 5.32 Å². The Hall–Kier alpha value is -3.12. The molecule has 0 saturated carbocycles. The minimum absolute atomic E-state index is 0.239. The predicted octanol–water partition coefficient (Wildman–Crippen LogP) is 4.79. The number of hydrogen-bond acceptors (Lipinski definition) is 3. The number of rotatable bonds is 6. The van der Waals surface area contributed by atoms with Gasteiger partial charge >= 0.3 is 0 Å². The summed E-state index contributed by atoms with van der Waals surface area (Å²) in [6.07, 6.45) is 4.81. The molecule has 2 fully saturated rings. The zero-order chi connectivity index (χ0) is 24.2. The molecule has 2 amide bonds. The first-order valence-electron chi connectivity index (χ1n) is 11.4. The molecule has 6 heteroatoms. The summed E-state index contributed by atoms with van der Waals surface area (Å²) in [6, 6.07) is 7.94. The summed E-state index contributed by atoms with van der Waals surface area (Å²) >= 11 is 0. The number of nitrogens with zero attached hydrogens (tertiary/aromatic N) is 1. The highest BCUT2D eigenvalue weighted by atomic mass is 16.5. The van der Waals surface area contributed by atoms with Crippen molar-refractivity contribution in [2.75, 3.05) is 6.54 Å². The van der Waals surface area contributed by atoms with Gasteiger partial charge in [-0.3, -0.25) is 9.59 Å². The third kappa shape index (κ3) is 3.62. The van der Waals surface area contributed by atoms with Gasteiger partial charge in [-0.25, -0.2) is 0 Å². The lowest BCUT2D eigenvalue weighted by Crippen LogP contribution is -2.66. The second kappa shape index (κ2) is 7.73. The molecule has 2 N–H and O–H groups in total. The van der Waals surface area contributed by atoms with Gasteiger partial charge in [0, 0.05) is 40.5 Å². The van der Waals surface area contributed by atoms with Gasteiger partial charge in [0.25, 0.3) is 11.8 Å². The second-order valence-corrected chi connectivity index (χ2v) is 10.1. The minimum atomic E-state index is -1.32. The van der Waals surface area contributed by atoms with Gasteiger partial charge < -0.3 is 19.9 Å². The van der Waals surface area contributed by atoms with Crippen LogP contribution in [0, 0.1) is 0 Å². The van der Waals surface area contributed by atoms with E-state index in [0.717, 1.165) is 27.7 Å². The Morgan fingerprint density at radius 2 is 1.91 bits per heavy atom. The van der Waals surface area contributed by atoms with Crippen molar-refractivity contribution in [2.45, 2.75) is 64.2 Å². The normalized spacial score (nSPS) is 22.6. The molecule has 6 nitrogen and oxygen atoms in total. The number of benzene rings is 1. The summed E-state index contributed by atoms with van der Waals surface area (Å²) in [5, 5.41) is 3.86. The maximum Gasteiger partial charge on any atom is 0.278 e. The maximum atomic E-state index is 13.6. The van der Waals surface area contributed by atoms with E-state index >= 15 is 0 Å². The average Bonchev–Trinajstić information content (AvgIpc) is 3.35. The summed E-state index contributed by atoms with van der Waals surface area (Å²) in [5.41, 5.74) is 1.38. The van der Waals surface area contributed by atoms with Gasteiger partial charge in [0.2, 0.25) is 5.72 Å². The fourth-order valence-corrected chi connectivity index (χ4v) is 4.54. The number of allylic oxidation sites excluding steroid dienone is 1. The molecule has 0 radical (unpaired) electrons. The van der Waals surface area contributed by atoms with Gasteiger partial charge in [-0.2, -0.15) is 0 Å². The Labute approximate surface area is 195 Å². The van der Waals surface area contributed by atoms with Crippen LogP contribution in [0.5, 0.6) is 0 Å². The first kappa shape index (κ1) is 23.1. The molecule has 3 heterocycles. The highest BCUT2D eigenvalue weighted by Crippen LogP contribution is 2.41. The number of amides is 2. The Bertz CT molecular complexity index is 1200. The highest BCUT2D eigenvalue weighted by molar-refractivity contribution is 6.10. The lowest BCUT2D eigenvalue weighted by Gasteiger charge is -2.45. The van der Waals surface area contributed by atoms with Crippen LogP contribution in [0.15, 0.2) is 54.8 Å². The minimum Gasteiger partial charge on any atom is -0.357 e. The van der Waals surface area contributed by atoms with Gasteiger partial charge in [0.05, 0.1) is 5.60 Å². The molecule has 1 aromatic carbocycles. The van der Waals surface area contributed by atoms with E-state index in [0.29, 0.717) is 19.4 Å². The molecule has 4 rings (SSSR count). The van der Waals surface area contributed by atoms with E-state index in [1.165, 1.54) is 0 Å². The number of nitrogens with one attached hydrogen (secondary N) is 2. The number of H-pyrrole nitrogens is 1. The molecule has 1 aromatic heterocycles. The lowest BCUT2D eigenvalue weighted by atomic mass is 9.86. The number of aromatic amines is 1. The Kier molecular flexibility index (Phi) is 5.40. The molecule has 0 aliphatic carbocycles. The third-order valence-electron chi connectivity index (χ3n) is 7.05. The number of carbonyl (C=O) groups excluding carboxylic acids is 2. The molecule has 174 valence electrons. The summed E-state index contributed by atoms with van der Waals surface area (Å²) < 4.78 is 6.33. The fraction of sp³-hybridized carbons (Fsp3) is 0.407. The molecule has 0 spiro atoms. The lowest BCUT2D eigenvalue weighted by molar-refractivity contribution is -0.204. The van der Waals surface area contributed by atoms with E-state index < -0.39 is 11.3 Å². The van der Waals surface area contributed by atoms with Crippen molar-refractivity contribution in [1.29, 1.82) is 0 Å². The zero-order valence-corrected chi connectivity index (χ0v) is 20.2. The van der Waals surface area contributed by atoms with Gasteiger partial charge in [0.1, 0.15) is 5.70 Å². The van der Waals surface area contributed by atoms with Crippen LogP contribution in [0.25, 0.3) is 17.0 Å². The Morgan fingerprint density at radius 1 is 1.21 bits per heavy atom. The summed E-state index contributed by atoms with van der Waals surface area (Å²) in [7, 11) is 0. The van der Waals surface area contributed by atoms with Crippen LogP contribution in [-0.4, -0.2) is 39.6 Å².